The van der Waals surface area contributed by atoms with Crippen molar-refractivity contribution >= 4 is 11.6 Å². The topological polar surface area (TPSA) is 50.8 Å². The summed E-state index contributed by atoms with van der Waals surface area (Å²) in [7, 11) is 0. The van der Waals surface area contributed by atoms with Crippen molar-refractivity contribution in [2.75, 3.05) is 38.2 Å². The predicted octanol–water partition coefficient (Wildman–Crippen LogP) is 4.72. The van der Waals surface area contributed by atoms with Gasteiger partial charge in [0.05, 0.1) is 6.61 Å². The molecular formula is C23H38N2O3. The lowest BCUT2D eigenvalue weighted by Crippen LogP contribution is -2.42. The van der Waals surface area contributed by atoms with Gasteiger partial charge in [0.1, 0.15) is 11.4 Å². The number of piperidine rings is 1. The van der Waals surface area contributed by atoms with Crippen molar-refractivity contribution in [2.24, 2.45) is 5.92 Å². The van der Waals surface area contributed by atoms with E-state index in [1.807, 2.05) is 45.0 Å². The molecule has 2 rings (SSSR count). The molecular weight excluding hydrogens is 352 g/mol. The van der Waals surface area contributed by atoms with Crippen LogP contribution in [0.3, 0.4) is 0 Å². The number of ether oxygens (including phenoxy) is 2. The second kappa shape index (κ2) is 11.4. The molecule has 0 saturated carbocycles. The van der Waals surface area contributed by atoms with Crippen molar-refractivity contribution in [1.29, 1.82) is 0 Å². The molecule has 1 amide bonds. The Labute approximate surface area is 170 Å². The second-order valence-electron chi connectivity index (χ2n) is 8.14. The number of rotatable bonds is 11. The highest BCUT2D eigenvalue weighted by Gasteiger charge is 2.32. The van der Waals surface area contributed by atoms with Crippen LogP contribution >= 0.6 is 0 Å². The van der Waals surface area contributed by atoms with E-state index in [4.69, 9.17) is 9.47 Å². The summed E-state index contributed by atoms with van der Waals surface area (Å²) in [5.41, 5.74) is -0.0307. The van der Waals surface area contributed by atoms with Crippen LogP contribution in [0.4, 0.5) is 5.69 Å². The Bertz CT molecular complexity index is 582. The molecule has 0 bridgehead atoms. The maximum Gasteiger partial charge on any atom is 0.256 e. The van der Waals surface area contributed by atoms with E-state index in [0.717, 1.165) is 43.3 Å². The van der Waals surface area contributed by atoms with Gasteiger partial charge in [0.25, 0.3) is 5.91 Å². The van der Waals surface area contributed by atoms with Crippen molar-refractivity contribution < 1.29 is 14.3 Å². The van der Waals surface area contributed by atoms with Crippen LogP contribution in [0, 0.1) is 5.92 Å². The number of anilines is 1. The van der Waals surface area contributed by atoms with Gasteiger partial charge in [-0.05, 0) is 82.3 Å². The number of carbonyl (C=O) groups is 1. The Morgan fingerprint density at radius 1 is 1.18 bits per heavy atom. The molecule has 0 spiro atoms. The predicted molar refractivity (Wildman–Crippen MR) is 115 cm³/mol. The van der Waals surface area contributed by atoms with Gasteiger partial charge in [-0.1, -0.05) is 20.8 Å². The minimum absolute atomic E-state index is 0.104. The third-order valence-electron chi connectivity index (χ3n) is 5.66. The fourth-order valence-corrected chi connectivity index (χ4v) is 3.32. The van der Waals surface area contributed by atoms with Crippen molar-refractivity contribution in [2.45, 2.75) is 65.4 Å². The summed E-state index contributed by atoms with van der Waals surface area (Å²) in [6, 6.07) is 7.59. The summed E-state index contributed by atoms with van der Waals surface area (Å²) in [4.78, 5) is 15.1. The molecule has 1 aromatic rings. The lowest BCUT2D eigenvalue weighted by Gasteiger charge is -2.30. The molecule has 5 heteroatoms. The molecule has 28 heavy (non-hydrogen) atoms. The SMILES string of the molecule is CCCO[C@](C)(CC)C(=O)Nc1ccc(OCCCN2CCC(C)CC2)cc1. The highest BCUT2D eigenvalue weighted by Crippen LogP contribution is 2.21. The summed E-state index contributed by atoms with van der Waals surface area (Å²) in [5, 5.41) is 2.96. The quantitative estimate of drug-likeness (QED) is 0.556. The molecule has 1 N–H and O–H groups in total. The van der Waals surface area contributed by atoms with Gasteiger partial charge in [0.15, 0.2) is 0 Å². The fourth-order valence-electron chi connectivity index (χ4n) is 3.32. The van der Waals surface area contributed by atoms with E-state index >= 15 is 0 Å². The van der Waals surface area contributed by atoms with Crippen LogP contribution in [-0.4, -0.2) is 49.3 Å². The number of likely N-dealkylation sites (tertiary alicyclic amines) is 1. The molecule has 1 heterocycles. The number of nitrogens with zero attached hydrogens (tertiary/aromatic N) is 1. The summed E-state index contributed by atoms with van der Waals surface area (Å²) >= 11 is 0. The third-order valence-corrected chi connectivity index (χ3v) is 5.66. The van der Waals surface area contributed by atoms with Gasteiger partial charge in [0.2, 0.25) is 0 Å². The zero-order chi connectivity index (χ0) is 20.4. The summed E-state index contributed by atoms with van der Waals surface area (Å²) in [6.45, 7) is 13.0. The maximum atomic E-state index is 12.6. The average Bonchev–Trinajstić information content (AvgIpc) is 2.71. The maximum absolute atomic E-state index is 12.6. The fraction of sp³-hybridized carbons (Fsp3) is 0.696. The normalized spacial score (nSPS) is 17.9. The Hall–Kier alpha value is -1.59. The first-order chi connectivity index (χ1) is 13.5. The standard InChI is InChI=1S/C23H38N2O3/c1-5-17-28-23(4,6-2)22(26)24-20-8-10-21(11-9-20)27-18-7-14-25-15-12-19(3)13-16-25/h8-11,19H,5-7,12-18H2,1-4H3,(H,24,26)/t23-/m1/s1. The molecule has 1 aromatic carbocycles. The van der Waals surface area contributed by atoms with Crippen LogP contribution < -0.4 is 10.1 Å². The number of amides is 1. The number of nitrogens with one attached hydrogen (secondary N) is 1. The minimum atomic E-state index is -0.794. The van der Waals surface area contributed by atoms with E-state index < -0.39 is 5.60 Å². The Morgan fingerprint density at radius 3 is 2.46 bits per heavy atom. The van der Waals surface area contributed by atoms with Gasteiger partial charge in [0, 0.05) is 18.8 Å². The summed E-state index contributed by atoms with van der Waals surface area (Å²) < 4.78 is 11.6. The average molecular weight is 391 g/mol. The van der Waals surface area contributed by atoms with Crippen molar-refractivity contribution in [3.63, 3.8) is 0 Å². The monoisotopic (exact) mass is 390 g/mol. The molecule has 158 valence electrons. The van der Waals surface area contributed by atoms with E-state index in [1.165, 1.54) is 25.9 Å². The van der Waals surface area contributed by atoms with E-state index in [9.17, 15) is 4.79 Å². The number of benzene rings is 1. The molecule has 0 unspecified atom stereocenters. The number of hydrogen-bond acceptors (Lipinski definition) is 4. The molecule has 1 atom stereocenters. The van der Waals surface area contributed by atoms with Crippen molar-refractivity contribution in [3.8, 4) is 5.75 Å². The van der Waals surface area contributed by atoms with E-state index in [0.29, 0.717) is 13.0 Å². The largest absolute Gasteiger partial charge is 0.494 e. The van der Waals surface area contributed by atoms with Crippen molar-refractivity contribution in [3.05, 3.63) is 24.3 Å². The molecule has 1 aliphatic rings. The molecule has 1 fully saturated rings. The van der Waals surface area contributed by atoms with E-state index in [2.05, 4.69) is 17.1 Å². The van der Waals surface area contributed by atoms with Gasteiger partial charge in [-0.15, -0.1) is 0 Å². The number of carbonyl (C=O) groups excluding carboxylic acids is 1. The Balaban J connectivity index is 1.72. The molecule has 1 saturated heterocycles. The first-order valence-corrected chi connectivity index (χ1v) is 10.9. The Kier molecular flexibility index (Phi) is 9.26. The molecule has 0 radical (unpaired) electrons. The van der Waals surface area contributed by atoms with Gasteiger partial charge in [-0.3, -0.25) is 4.79 Å². The van der Waals surface area contributed by atoms with E-state index in [1.54, 1.807) is 0 Å². The van der Waals surface area contributed by atoms with Gasteiger partial charge >= 0.3 is 0 Å². The van der Waals surface area contributed by atoms with Crippen LogP contribution in [0.15, 0.2) is 24.3 Å². The molecule has 0 aliphatic carbocycles. The molecule has 5 nitrogen and oxygen atoms in total. The minimum Gasteiger partial charge on any atom is -0.494 e. The number of hydrogen-bond donors (Lipinski definition) is 1. The lowest BCUT2D eigenvalue weighted by molar-refractivity contribution is -0.139. The Morgan fingerprint density at radius 2 is 1.86 bits per heavy atom. The zero-order valence-electron chi connectivity index (χ0n) is 18.1. The van der Waals surface area contributed by atoms with Crippen LogP contribution in [0.5, 0.6) is 5.75 Å². The van der Waals surface area contributed by atoms with Crippen LogP contribution in [0.1, 0.15) is 59.8 Å². The van der Waals surface area contributed by atoms with Crippen molar-refractivity contribution in [1.82, 2.24) is 4.90 Å². The zero-order valence-corrected chi connectivity index (χ0v) is 18.1. The molecule has 0 aromatic heterocycles. The van der Waals surface area contributed by atoms with Gasteiger partial charge in [-0.2, -0.15) is 0 Å². The van der Waals surface area contributed by atoms with Crippen LogP contribution in [0.2, 0.25) is 0 Å². The van der Waals surface area contributed by atoms with E-state index in [-0.39, 0.29) is 5.91 Å². The van der Waals surface area contributed by atoms with Crippen LogP contribution in [-0.2, 0) is 9.53 Å². The summed E-state index contributed by atoms with van der Waals surface area (Å²) in [5.74, 6) is 1.61. The summed E-state index contributed by atoms with van der Waals surface area (Å²) in [6.07, 6.45) is 5.20. The molecule has 1 aliphatic heterocycles. The third kappa shape index (κ3) is 7.10. The van der Waals surface area contributed by atoms with Gasteiger partial charge in [-0.25, -0.2) is 0 Å². The smallest absolute Gasteiger partial charge is 0.256 e. The second-order valence-corrected chi connectivity index (χ2v) is 8.14. The van der Waals surface area contributed by atoms with Gasteiger partial charge < -0.3 is 19.7 Å². The first kappa shape index (κ1) is 22.7. The highest BCUT2D eigenvalue weighted by atomic mass is 16.5. The first-order valence-electron chi connectivity index (χ1n) is 10.9. The highest BCUT2D eigenvalue weighted by molar-refractivity contribution is 5.97. The lowest BCUT2D eigenvalue weighted by atomic mass is 9.99. The van der Waals surface area contributed by atoms with Crippen LogP contribution in [0.25, 0.3) is 0 Å².